The third-order valence-electron chi connectivity index (χ3n) is 8.37. The lowest BCUT2D eigenvalue weighted by Gasteiger charge is -2.48. The summed E-state index contributed by atoms with van der Waals surface area (Å²) in [6.45, 7) is 3.97. The third kappa shape index (κ3) is 5.33. The van der Waals surface area contributed by atoms with Crippen molar-refractivity contribution in [3.63, 3.8) is 0 Å². The van der Waals surface area contributed by atoms with E-state index in [1.807, 2.05) is 24.2 Å². The van der Waals surface area contributed by atoms with Crippen LogP contribution in [0.5, 0.6) is 0 Å². The molecule has 0 spiro atoms. The summed E-state index contributed by atoms with van der Waals surface area (Å²) >= 11 is 12.3. The van der Waals surface area contributed by atoms with Gasteiger partial charge < -0.3 is 0 Å². The lowest BCUT2D eigenvalue weighted by Crippen LogP contribution is -2.52. The van der Waals surface area contributed by atoms with Crippen molar-refractivity contribution in [1.82, 2.24) is 24.1 Å². The predicted molar refractivity (Wildman–Crippen MR) is 169 cm³/mol. The first-order chi connectivity index (χ1) is 20.5. The Kier molecular flexibility index (Phi) is 7.79. The van der Waals surface area contributed by atoms with E-state index in [-0.39, 0.29) is 29.4 Å². The van der Waals surface area contributed by atoms with Gasteiger partial charge in [-0.2, -0.15) is 5.10 Å². The van der Waals surface area contributed by atoms with Crippen LogP contribution in [0, 0.1) is 11.2 Å². The molecule has 2 aliphatic rings. The molecular weight excluding hydrogens is 608 g/mol. The van der Waals surface area contributed by atoms with Crippen molar-refractivity contribution >= 4 is 50.6 Å². The van der Waals surface area contributed by atoms with Crippen LogP contribution in [0.2, 0.25) is 10.2 Å². The fourth-order valence-corrected chi connectivity index (χ4v) is 8.89. The maximum Gasteiger partial charge on any atom is 0.191 e. The van der Waals surface area contributed by atoms with Crippen LogP contribution in [0.15, 0.2) is 77.6 Å². The summed E-state index contributed by atoms with van der Waals surface area (Å²) in [5.74, 6) is 3.72. The number of pyridine rings is 2. The van der Waals surface area contributed by atoms with E-state index in [1.165, 1.54) is 24.5 Å². The predicted octanol–water partition coefficient (Wildman–Crippen LogP) is 6.87. The zero-order valence-electron chi connectivity index (χ0n) is 23.7. The zero-order valence-corrected chi connectivity index (χ0v) is 26.0. The molecule has 3 atom stereocenters. The molecule has 6 rings (SSSR count). The van der Waals surface area contributed by atoms with Crippen molar-refractivity contribution < 1.29 is 13.4 Å². The molecular formula is C32H30Cl2FN5O2S. The lowest BCUT2D eigenvalue weighted by molar-refractivity contribution is 0.0726. The Morgan fingerprint density at radius 1 is 1.14 bits per heavy atom. The summed E-state index contributed by atoms with van der Waals surface area (Å²) in [6.07, 6.45) is 8.88. The number of carbonyl (C=O) groups excluding carboxylic acids is 1. The van der Waals surface area contributed by atoms with E-state index in [1.54, 1.807) is 47.3 Å². The molecule has 3 aromatic heterocycles. The summed E-state index contributed by atoms with van der Waals surface area (Å²) in [6, 6.07) is 12.3. The highest BCUT2D eigenvalue weighted by Gasteiger charge is 2.51. The molecule has 4 aromatic rings. The van der Waals surface area contributed by atoms with Crippen LogP contribution in [0.1, 0.15) is 54.9 Å². The molecule has 1 saturated carbocycles. The fourth-order valence-electron chi connectivity index (χ4n) is 6.54. The van der Waals surface area contributed by atoms with Crippen LogP contribution >= 0.6 is 23.2 Å². The third-order valence-corrected chi connectivity index (χ3v) is 11.2. The van der Waals surface area contributed by atoms with Crippen LogP contribution in [-0.4, -0.2) is 52.0 Å². The van der Waals surface area contributed by atoms with Gasteiger partial charge in [0.25, 0.3) is 0 Å². The second-order valence-electron chi connectivity index (χ2n) is 11.4. The molecule has 222 valence electrons. The molecule has 1 unspecified atom stereocenters. The molecule has 3 heterocycles. The Hall–Kier alpha value is -3.37. The maximum absolute atomic E-state index is 14.6. The van der Waals surface area contributed by atoms with Gasteiger partial charge in [0.1, 0.15) is 16.7 Å². The van der Waals surface area contributed by atoms with Crippen LogP contribution in [0.4, 0.5) is 4.39 Å². The number of fused-ring (bicyclic) bond motifs is 2. The van der Waals surface area contributed by atoms with Gasteiger partial charge >= 0.3 is 0 Å². The fraction of sp³-hybridized carbons (Fsp3) is 0.281. The van der Waals surface area contributed by atoms with E-state index in [0.717, 1.165) is 22.5 Å². The van der Waals surface area contributed by atoms with Gasteiger partial charge in [-0.25, -0.2) is 22.6 Å². The number of rotatable bonds is 7. The summed E-state index contributed by atoms with van der Waals surface area (Å²) in [5, 5.41) is 5.35. The summed E-state index contributed by atoms with van der Waals surface area (Å²) in [5.41, 5.74) is 2.74. The Balaban J connectivity index is 1.45. The highest BCUT2D eigenvalue weighted by atomic mass is 35.5. The number of nitrogens with zero attached hydrogens (tertiary/aromatic N) is 5. The minimum Gasteiger partial charge on any atom is -0.291 e. The van der Waals surface area contributed by atoms with Crippen molar-refractivity contribution in [3.05, 3.63) is 106 Å². The molecule has 7 nitrogen and oxygen atoms in total. The number of ketones is 1. The molecule has 0 bridgehead atoms. The Bertz CT molecular complexity index is 1840. The summed E-state index contributed by atoms with van der Waals surface area (Å²) in [4.78, 5) is 23.6. The average molecular weight is 639 g/mol. The summed E-state index contributed by atoms with van der Waals surface area (Å²) in [7, 11) is -2.98. The molecule has 0 amide bonds. The highest BCUT2D eigenvalue weighted by molar-refractivity contribution is 7.98. The average Bonchev–Trinajstić information content (AvgIpc) is 3.38. The Labute approximate surface area is 260 Å². The molecule has 0 N–H and O–H groups in total. The van der Waals surface area contributed by atoms with Crippen molar-refractivity contribution in [1.29, 1.82) is 0 Å². The minimum absolute atomic E-state index is 0.140. The zero-order chi connectivity index (χ0) is 30.5. The van der Waals surface area contributed by atoms with Gasteiger partial charge in [-0.1, -0.05) is 28.8 Å². The van der Waals surface area contributed by atoms with E-state index < -0.39 is 15.1 Å². The number of hydrogen-bond acceptors (Lipinski definition) is 5. The first-order valence-electron chi connectivity index (χ1n) is 14.0. The van der Waals surface area contributed by atoms with Gasteiger partial charge in [0.15, 0.2) is 5.78 Å². The quantitative estimate of drug-likeness (QED) is 0.125. The monoisotopic (exact) mass is 637 g/mol. The second kappa shape index (κ2) is 11.3. The number of allylic oxidation sites excluding steroid dienone is 1. The highest BCUT2D eigenvalue weighted by Crippen LogP contribution is 2.51. The molecule has 11 heteroatoms. The van der Waals surface area contributed by atoms with E-state index in [4.69, 9.17) is 23.2 Å². The lowest BCUT2D eigenvalue weighted by atomic mass is 9.60. The molecule has 0 saturated heterocycles. The van der Waals surface area contributed by atoms with Crippen LogP contribution in [0.25, 0.3) is 11.8 Å². The van der Waals surface area contributed by atoms with Crippen molar-refractivity contribution in [3.8, 4) is 5.69 Å². The number of Topliss-reactive ketones (excluding diaryl/α,β-unsaturated/α-hetero) is 1. The number of halogens is 3. The van der Waals surface area contributed by atoms with Crippen molar-refractivity contribution in [2.45, 2.75) is 56.5 Å². The standard InChI is InChI=1S/C32H30Cl2FN5O2S/c1-20(2)40(43(3,42)27-10-11-30(34)37-19-27)26-7-4-22-14-29-21(18-38-39(29)25-8-5-24(35)6-9-25)16-32(22,17-26)31(41)28-15-23(33)12-13-36-28/h5-6,8-15,18-20,26H,3-4,7,16-17H2,1-2H3/t26-,32-,43?/m0/s1. The van der Waals surface area contributed by atoms with E-state index in [0.29, 0.717) is 40.8 Å². The molecule has 2 aliphatic carbocycles. The first kappa shape index (κ1) is 29.7. The first-order valence-corrected chi connectivity index (χ1v) is 16.4. The maximum atomic E-state index is 14.6. The van der Waals surface area contributed by atoms with E-state index >= 15 is 0 Å². The van der Waals surface area contributed by atoms with Gasteiger partial charge in [-0.05, 0) is 106 Å². The second-order valence-corrected chi connectivity index (χ2v) is 14.4. The van der Waals surface area contributed by atoms with Crippen LogP contribution in [0.3, 0.4) is 0 Å². The number of aromatic nitrogens is 4. The van der Waals surface area contributed by atoms with Gasteiger partial charge in [-0.15, -0.1) is 0 Å². The van der Waals surface area contributed by atoms with E-state index in [2.05, 4.69) is 20.9 Å². The van der Waals surface area contributed by atoms with Crippen LogP contribution in [-0.2, 0) is 16.1 Å². The van der Waals surface area contributed by atoms with Crippen molar-refractivity contribution in [2.24, 2.45) is 5.41 Å². The molecule has 0 radical (unpaired) electrons. The smallest absolute Gasteiger partial charge is 0.191 e. The Morgan fingerprint density at radius 3 is 2.58 bits per heavy atom. The Morgan fingerprint density at radius 2 is 1.91 bits per heavy atom. The van der Waals surface area contributed by atoms with E-state index in [9.17, 15) is 13.4 Å². The number of hydrogen-bond donors (Lipinski definition) is 0. The minimum atomic E-state index is -2.98. The largest absolute Gasteiger partial charge is 0.291 e. The normalized spacial score (nSPS) is 21.2. The SMILES string of the molecule is C=S(=O)(c1ccc(Cl)nc1)N(C(C)C)[C@H]1CCC2=Cc3c(cnn3-c3ccc(F)cc3)C[C@]2(C(=O)c2cc(Cl)ccn2)C1. The van der Waals surface area contributed by atoms with Crippen LogP contribution < -0.4 is 0 Å². The summed E-state index contributed by atoms with van der Waals surface area (Å²) < 4.78 is 31.8. The van der Waals surface area contributed by atoms with Gasteiger partial charge in [-0.3, -0.25) is 9.78 Å². The molecule has 1 fully saturated rings. The molecule has 0 aliphatic heterocycles. The van der Waals surface area contributed by atoms with Crippen molar-refractivity contribution in [2.75, 3.05) is 0 Å². The number of carbonyl (C=O) groups is 1. The molecule has 43 heavy (non-hydrogen) atoms. The molecule has 1 aromatic carbocycles. The van der Waals surface area contributed by atoms with Gasteiger partial charge in [0, 0.05) is 29.5 Å². The number of benzene rings is 1. The van der Waals surface area contributed by atoms with Gasteiger partial charge in [0.05, 0.1) is 37.6 Å². The van der Waals surface area contributed by atoms with Gasteiger partial charge in [0.2, 0.25) is 0 Å². The topological polar surface area (TPSA) is 81.0 Å².